The maximum atomic E-state index is 5.86. The zero-order valence-corrected chi connectivity index (χ0v) is 10.6. The molecule has 92 valence electrons. The minimum Gasteiger partial charge on any atom is -0.477 e. The molecule has 0 N–H and O–H groups in total. The minimum absolute atomic E-state index is 0.355. The first kappa shape index (κ1) is 12.1. The number of fused-ring (bicyclic) bond motifs is 1. The maximum absolute atomic E-state index is 5.86. The number of nitrogens with zero attached hydrogens (tertiary/aromatic N) is 5. The molecule has 6 nitrogen and oxygen atoms in total. The molecule has 0 saturated carbocycles. The highest BCUT2D eigenvalue weighted by molar-refractivity contribution is 6.29. The highest BCUT2D eigenvalue weighted by atomic mass is 35.5. The van der Waals surface area contributed by atoms with Crippen LogP contribution in [0.25, 0.3) is 5.78 Å². The van der Waals surface area contributed by atoms with Crippen LogP contribution in [0.3, 0.4) is 0 Å². The Morgan fingerprint density at radius 1 is 1.47 bits per heavy atom. The van der Waals surface area contributed by atoms with Crippen LogP contribution in [0.2, 0.25) is 5.15 Å². The van der Waals surface area contributed by atoms with Crippen molar-refractivity contribution < 1.29 is 4.74 Å². The molecule has 2 heterocycles. The molecule has 0 aliphatic rings. The third kappa shape index (κ3) is 3.04. The van der Waals surface area contributed by atoms with E-state index < -0.39 is 0 Å². The summed E-state index contributed by atoms with van der Waals surface area (Å²) in [6, 6.07) is 1.64. The van der Waals surface area contributed by atoms with Gasteiger partial charge in [0.25, 0.3) is 5.78 Å². The molecule has 0 spiro atoms. The molecule has 0 aromatic carbocycles. The van der Waals surface area contributed by atoms with Crippen molar-refractivity contribution in [1.29, 1.82) is 0 Å². The predicted octanol–water partition coefficient (Wildman–Crippen LogP) is 1.11. The lowest BCUT2D eigenvalue weighted by Crippen LogP contribution is -2.16. The van der Waals surface area contributed by atoms with E-state index in [-0.39, 0.29) is 0 Å². The smallest absolute Gasteiger partial charge is 0.256 e. The van der Waals surface area contributed by atoms with Gasteiger partial charge in [0.15, 0.2) is 0 Å². The van der Waals surface area contributed by atoms with Gasteiger partial charge in [0.2, 0.25) is 5.88 Å². The van der Waals surface area contributed by atoms with Crippen molar-refractivity contribution in [3.8, 4) is 5.88 Å². The molecule has 0 fully saturated rings. The molecule has 2 rings (SSSR count). The van der Waals surface area contributed by atoms with E-state index in [2.05, 4.69) is 20.0 Å². The third-order valence-corrected chi connectivity index (χ3v) is 2.38. The lowest BCUT2D eigenvalue weighted by Gasteiger charge is -2.10. The molecular weight excluding hydrogens is 242 g/mol. The number of hydrogen-bond donors (Lipinski definition) is 0. The average Bonchev–Trinajstić information content (AvgIpc) is 2.71. The summed E-state index contributed by atoms with van der Waals surface area (Å²) in [4.78, 5) is 10.1. The van der Waals surface area contributed by atoms with Gasteiger partial charge < -0.3 is 9.64 Å². The van der Waals surface area contributed by atoms with Crippen LogP contribution in [-0.4, -0.2) is 51.7 Å². The number of halogens is 1. The fraction of sp³-hybridized carbons (Fsp3) is 0.500. The molecule has 0 bridgehead atoms. The van der Waals surface area contributed by atoms with Gasteiger partial charge in [0, 0.05) is 12.6 Å². The van der Waals surface area contributed by atoms with E-state index in [9.17, 15) is 0 Å². The molecular formula is C10H14ClN5O. The van der Waals surface area contributed by atoms with Gasteiger partial charge >= 0.3 is 0 Å². The number of rotatable bonds is 5. The second-order valence-corrected chi connectivity index (χ2v) is 4.28. The first-order valence-electron chi connectivity index (χ1n) is 5.30. The minimum atomic E-state index is 0.355. The lowest BCUT2D eigenvalue weighted by atomic mass is 10.4. The van der Waals surface area contributed by atoms with Crippen molar-refractivity contribution in [2.24, 2.45) is 0 Å². The van der Waals surface area contributed by atoms with Gasteiger partial charge in [-0.3, -0.25) is 0 Å². The van der Waals surface area contributed by atoms with Crippen LogP contribution in [0.4, 0.5) is 0 Å². The van der Waals surface area contributed by atoms with Crippen LogP contribution in [0.15, 0.2) is 12.4 Å². The number of ether oxygens (including phenoxy) is 1. The summed E-state index contributed by atoms with van der Waals surface area (Å²) < 4.78 is 7.15. The van der Waals surface area contributed by atoms with Crippen LogP contribution in [0, 0.1) is 0 Å². The van der Waals surface area contributed by atoms with Gasteiger partial charge in [-0.25, -0.2) is 0 Å². The fourth-order valence-corrected chi connectivity index (χ4v) is 1.59. The zero-order valence-electron chi connectivity index (χ0n) is 9.80. The van der Waals surface area contributed by atoms with E-state index in [0.717, 1.165) is 13.0 Å². The average molecular weight is 256 g/mol. The standard InChI is InChI=1S/C10H14ClN5O/c1-15(2)4-3-5-17-9-6-8(11)14-10-12-7-13-16(9)10/h6-7H,3-5H2,1-2H3. The van der Waals surface area contributed by atoms with Crippen molar-refractivity contribution in [3.63, 3.8) is 0 Å². The van der Waals surface area contributed by atoms with E-state index in [0.29, 0.717) is 23.4 Å². The molecule has 0 amide bonds. The Labute approximate surface area is 104 Å². The summed E-state index contributed by atoms with van der Waals surface area (Å²) in [6.45, 7) is 1.58. The van der Waals surface area contributed by atoms with Crippen LogP contribution in [0.5, 0.6) is 5.88 Å². The Kier molecular flexibility index (Phi) is 3.75. The first-order chi connectivity index (χ1) is 8.16. The quantitative estimate of drug-likeness (QED) is 0.592. The molecule has 7 heteroatoms. The summed E-state index contributed by atoms with van der Waals surface area (Å²) in [5.41, 5.74) is 0. The summed E-state index contributed by atoms with van der Waals surface area (Å²) in [7, 11) is 4.05. The van der Waals surface area contributed by atoms with E-state index >= 15 is 0 Å². The van der Waals surface area contributed by atoms with Gasteiger partial charge in [0.1, 0.15) is 11.5 Å². The molecule has 0 unspecified atom stereocenters. The molecule has 2 aromatic rings. The Bertz CT molecular complexity index is 498. The Morgan fingerprint density at radius 2 is 2.29 bits per heavy atom. The molecule has 0 saturated heterocycles. The van der Waals surface area contributed by atoms with Crippen LogP contribution < -0.4 is 4.74 Å². The summed E-state index contributed by atoms with van der Waals surface area (Å²) >= 11 is 5.86. The summed E-state index contributed by atoms with van der Waals surface area (Å²) in [6.07, 6.45) is 2.36. The highest BCUT2D eigenvalue weighted by Gasteiger charge is 2.07. The number of hydrogen-bond acceptors (Lipinski definition) is 5. The topological polar surface area (TPSA) is 55.5 Å². The van der Waals surface area contributed by atoms with Crippen molar-refractivity contribution in [3.05, 3.63) is 17.5 Å². The summed E-state index contributed by atoms with van der Waals surface area (Å²) in [5.74, 6) is 1.01. The van der Waals surface area contributed by atoms with Crippen LogP contribution in [-0.2, 0) is 0 Å². The van der Waals surface area contributed by atoms with Gasteiger partial charge in [0.05, 0.1) is 6.61 Å². The van der Waals surface area contributed by atoms with Crippen LogP contribution >= 0.6 is 11.6 Å². The van der Waals surface area contributed by atoms with Gasteiger partial charge in [-0.05, 0) is 20.5 Å². The fourth-order valence-electron chi connectivity index (χ4n) is 1.42. The monoisotopic (exact) mass is 255 g/mol. The van der Waals surface area contributed by atoms with E-state index in [1.165, 1.54) is 10.8 Å². The molecule has 0 atom stereocenters. The molecule has 0 aliphatic heterocycles. The predicted molar refractivity (Wildman–Crippen MR) is 64.5 cm³/mol. The van der Waals surface area contributed by atoms with Gasteiger partial charge in [-0.15, -0.1) is 0 Å². The van der Waals surface area contributed by atoms with Crippen molar-refractivity contribution >= 4 is 17.4 Å². The first-order valence-corrected chi connectivity index (χ1v) is 5.68. The van der Waals surface area contributed by atoms with Crippen LogP contribution in [0.1, 0.15) is 6.42 Å². The Balaban J connectivity index is 2.04. The van der Waals surface area contributed by atoms with Gasteiger partial charge in [-0.2, -0.15) is 19.6 Å². The second kappa shape index (κ2) is 5.29. The summed E-state index contributed by atoms with van der Waals surface area (Å²) in [5, 5.41) is 4.38. The van der Waals surface area contributed by atoms with Gasteiger partial charge in [-0.1, -0.05) is 11.6 Å². The molecule has 0 aliphatic carbocycles. The van der Waals surface area contributed by atoms with Crippen molar-refractivity contribution in [1.82, 2.24) is 24.5 Å². The lowest BCUT2D eigenvalue weighted by molar-refractivity contribution is 0.267. The largest absolute Gasteiger partial charge is 0.477 e. The third-order valence-electron chi connectivity index (χ3n) is 2.19. The highest BCUT2D eigenvalue weighted by Crippen LogP contribution is 2.16. The Morgan fingerprint density at radius 3 is 3.06 bits per heavy atom. The molecule has 2 aromatic heterocycles. The zero-order chi connectivity index (χ0) is 12.3. The SMILES string of the molecule is CN(C)CCCOc1cc(Cl)nc2ncnn12. The Hall–Kier alpha value is -1.40. The maximum Gasteiger partial charge on any atom is 0.256 e. The second-order valence-electron chi connectivity index (χ2n) is 3.89. The van der Waals surface area contributed by atoms with Crippen molar-refractivity contribution in [2.45, 2.75) is 6.42 Å². The number of aromatic nitrogens is 4. The van der Waals surface area contributed by atoms with E-state index in [1.807, 2.05) is 14.1 Å². The van der Waals surface area contributed by atoms with Crippen molar-refractivity contribution in [2.75, 3.05) is 27.2 Å². The molecule has 17 heavy (non-hydrogen) atoms. The molecule has 0 radical (unpaired) electrons. The normalized spacial score (nSPS) is 11.3. The van der Waals surface area contributed by atoms with E-state index in [1.54, 1.807) is 6.07 Å². The van der Waals surface area contributed by atoms with E-state index in [4.69, 9.17) is 16.3 Å².